The van der Waals surface area contributed by atoms with Gasteiger partial charge in [0.1, 0.15) is 0 Å². The Hall–Kier alpha value is -0.830. The first-order valence-electron chi connectivity index (χ1n) is 3.63. The molecular formula is C6H9N3. The summed E-state index contributed by atoms with van der Waals surface area (Å²) in [5, 5.41) is 3.02. The highest BCUT2D eigenvalue weighted by atomic mass is 15.0. The lowest BCUT2D eigenvalue weighted by Gasteiger charge is -2.09. The smallest absolute Gasteiger partial charge is 0.0925 e. The van der Waals surface area contributed by atoms with Crippen LogP contribution in [0.4, 0.5) is 0 Å². The molecule has 2 rings (SSSR count). The van der Waals surface area contributed by atoms with Crippen molar-refractivity contribution < 1.29 is 1.37 Å². The molecule has 1 aliphatic heterocycles. The number of imidazole rings is 1. The highest BCUT2D eigenvalue weighted by Crippen LogP contribution is 2.06. The number of aromatic nitrogens is 2. The van der Waals surface area contributed by atoms with Gasteiger partial charge < -0.3 is 10.3 Å². The number of fused-ring (bicyclic) bond motifs is 1. The van der Waals surface area contributed by atoms with E-state index in [0.29, 0.717) is 0 Å². The van der Waals surface area contributed by atoms with Crippen LogP contribution in [0.1, 0.15) is 12.8 Å². The zero-order valence-electron chi connectivity index (χ0n) is 6.02. The molecule has 2 heterocycles. The maximum Gasteiger partial charge on any atom is 0.0925 e. The van der Waals surface area contributed by atoms with Gasteiger partial charge in [-0.25, -0.2) is 4.98 Å². The van der Waals surface area contributed by atoms with Crippen LogP contribution >= 0.6 is 0 Å². The molecule has 0 radical (unpaired) electrons. The highest BCUT2D eigenvalue weighted by molar-refractivity contribution is 5.13. The summed E-state index contributed by atoms with van der Waals surface area (Å²) in [5.41, 5.74) is 1.96. The number of hydrogen-bond acceptors (Lipinski definition) is 2. The molecule has 1 aliphatic rings. The Labute approximate surface area is 54.9 Å². The molecule has 1 aromatic heterocycles. The van der Waals surface area contributed by atoms with Gasteiger partial charge in [-0.15, -0.1) is 0 Å². The lowest BCUT2D eigenvalue weighted by molar-refractivity contribution is 0.627. The fourth-order valence-electron chi connectivity index (χ4n) is 1.02. The van der Waals surface area contributed by atoms with Crippen molar-refractivity contribution >= 4 is 0 Å². The summed E-state index contributed by atoms with van der Waals surface area (Å²) in [4.78, 5) is 7.04. The molecule has 48 valence electrons. The van der Waals surface area contributed by atoms with E-state index in [9.17, 15) is 0 Å². The van der Waals surface area contributed by atoms with Crippen molar-refractivity contribution in [3.05, 3.63) is 17.7 Å². The third-order valence-electron chi connectivity index (χ3n) is 1.50. The van der Waals surface area contributed by atoms with E-state index in [1.807, 2.05) is 0 Å². The topological polar surface area (TPSA) is 40.7 Å². The molecule has 0 saturated heterocycles. The van der Waals surface area contributed by atoms with Gasteiger partial charge in [0.2, 0.25) is 0 Å². The second-order valence-electron chi connectivity index (χ2n) is 2.11. The lowest BCUT2D eigenvalue weighted by atomic mass is 10.2. The van der Waals surface area contributed by atoms with Gasteiger partial charge in [0.05, 0.1) is 17.7 Å². The second-order valence-corrected chi connectivity index (χ2v) is 2.11. The number of nitrogens with zero attached hydrogens (tertiary/aromatic N) is 1. The molecule has 0 amide bonds. The molecule has 0 bridgehead atoms. The summed E-state index contributed by atoms with van der Waals surface area (Å²) in [6, 6.07) is 0. The molecule has 1 unspecified atom stereocenters. The van der Waals surface area contributed by atoms with Gasteiger partial charge >= 0.3 is 0 Å². The maximum atomic E-state index is 7.49. The number of H-pyrrole nitrogens is 1. The average Bonchev–Trinajstić information content (AvgIpc) is 2.36. The normalized spacial score (nSPS) is 27.1. The molecule has 0 saturated carbocycles. The van der Waals surface area contributed by atoms with Crippen LogP contribution in [0, 0.1) is 0 Å². The summed E-state index contributed by atoms with van der Waals surface area (Å²) >= 11 is 0. The summed E-state index contributed by atoms with van der Waals surface area (Å²) < 4.78 is 7.49. The third-order valence-corrected chi connectivity index (χ3v) is 1.50. The molecule has 9 heavy (non-hydrogen) atoms. The van der Waals surface area contributed by atoms with E-state index >= 15 is 0 Å². The van der Waals surface area contributed by atoms with Crippen molar-refractivity contribution in [1.29, 1.82) is 0 Å². The van der Waals surface area contributed by atoms with Crippen LogP contribution in [0.2, 0.25) is 0 Å². The fourth-order valence-corrected chi connectivity index (χ4v) is 1.02. The van der Waals surface area contributed by atoms with Crippen molar-refractivity contribution in [2.24, 2.45) is 0 Å². The van der Waals surface area contributed by atoms with Gasteiger partial charge in [-0.1, -0.05) is 0 Å². The van der Waals surface area contributed by atoms with Gasteiger partial charge in [0.15, 0.2) is 0 Å². The van der Waals surface area contributed by atoms with Crippen LogP contribution in [-0.4, -0.2) is 16.5 Å². The van der Waals surface area contributed by atoms with Crippen LogP contribution < -0.4 is 5.32 Å². The van der Waals surface area contributed by atoms with Crippen LogP contribution in [0.5, 0.6) is 0 Å². The first-order chi connectivity index (χ1) is 4.88. The van der Waals surface area contributed by atoms with E-state index in [4.69, 9.17) is 1.37 Å². The highest BCUT2D eigenvalue weighted by Gasteiger charge is 2.08. The minimum absolute atomic E-state index is 0.300. The quantitative estimate of drug-likeness (QED) is 0.513. The Morgan fingerprint density at radius 1 is 1.78 bits per heavy atom. The van der Waals surface area contributed by atoms with Gasteiger partial charge in [-0.2, -0.15) is 0 Å². The predicted molar refractivity (Wildman–Crippen MR) is 34.0 cm³/mol. The number of rotatable bonds is 0. The van der Waals surface area contributed by atoms with Crippen LogP contribution in [0.15, 0.2) is 6.33 Å². The number of aromatic amines is 1. The zero-order chi connectivity index (χ0) is 6.97. The minimum atomic E-state index is -0.300. The summed E-state index contributed by atoms with van der Waals surface area (Å²) in [5.74, 6) is 0. The Morgan fingerprint density at radius 2 is 2.78 bits per heavy atom. The lowest BCUT2D eigenvalue weighted by Crippen LogP contribution is -2.23. The van der Waals surface area contributed by atoms with Crippen LogP contribution in [0.3, 0.4) is 0 Å². The van der Waals surface area contributed by atoms with Gasteiger partial charge in [0, 0.05) is 20.9 Å². The number of nitrogens with one attached hydrogen (secondary N) is 2. The van der Waals surface area contributed by atoms with Crippen molar-refractivity contribution in [3.8, 4) is 0 Å². The van der Waals surface area contributed by atoms with Crippen LogP contribution in [-0.2, 0) is 12.9 Å². The molecule has 0 spiro atoms. The Kier molecular flexibility index (Phi) is 0.832. The summed E-state index contributed by atoms with van der Waals surface area (Å²) in [6.45, 7) is 0.567. The maximum absolute atomic E-state index is 7.49. The molecule has 0 aliphatic carbocycles. The number of hydrogen-bond donors (Lipinski definition) is 2. The Bertz CT molecular complexity index is 233. The van der Waals surface area contributed by atoms with Crippen molar-refractivity contribution in [2.75, 3.05) is 6.54 Å². The van der Waals surface area contributed by atoms with Crippen molar-refractivity contribution in [1.82, 2.24) is 15.3 Å². The van der Waals surface area contributed by atoms with E-state index in [0.717, 1.165) is 24.4 Å². The van der Waals surface area contributed by atoms with E-state index in [-0.39, 0.29) is 6.52 Å². The van der Waals surface area contributed by atoms with E-state index < -0.39 is 0 Å². The SMILES string of the molecule is [2H]C1NCCc2nc[nH]c21. The predicted octanol–water partition coefficient (Wildman–Crippen LogP) is 0.0554. The van der Waals surface area contributed by atoms with Crippen molar-refractivity contribution in [2.45, 2.75) is 12.9 Å². The molecule has 2 N–H and O–H groups in total. The van der Waals surface area contributed by atoms with E-state index in [1.165, 1.54) is 0 Å². The van der Waals surface area contributed by atoms with Gasteiger partial charge in [0.25, 0.3) is 0 Å². The first-order valence-corrected chi connectivity index (χ1v) is 3.05. The van der Waals surface area contributed by atoms with Crippen LogP contribution in [0.25, 0.3) is 0 Å². The summed E-state index contributed by atoms with van der Waals surface area (Å²) in [6.07, 6.45) is 2.59. The molecule has 0 aromatic carbocycles. The largest absolute Gasteiger partial charge is 0.347 e. The molecule has 3 nitrogen and oxygen atoms in total. The van der Waals surface area contributed by atoms with Gasteiger partial charge in [-0.3, -0.25) is 0 Å². The van der Waals surface area contributed by atoms with E-state index in [1.54, 1.807) is 6.33 Å². The summed E-state index contributed by atoms with van der Waals surface area (Å²) in [7, 11) is 0. The van der Waals surface area contributed by atoms with Crippen molar-refractivity contribution in [3.63, 3.8) is 0 Å². The molecular weight excluding hydrogens is 114 g/mol. The minimum Gasteiger partial charge on any atom is -0.347 e. The molecule has 1 aromatic rings. The second kappa shape index (κ2) is 1.84. The monoisotopic (exact) mass is 124 g/mol. The first kappa shape index (κ1) is 4.06. The van der Waals surface area contributed by atoms with E-state index in [2.05, 4.69) is 15.3 Å². The Morgan fingerprint density at radius 3 is 3.67 bits per heavy atom. The molecule has 0 fully saturated rings. The van der Waals surface area contributed by atoms with Gasteiger partial charge in [-0.05, 0) is 0 Å². The zero-order valence-corrected chi connectivity index (χ0v) is 5.02. The fraction of sp³-hybridized carbons (Fsp3) is 0.500. The average molecular weight is 124 g/mol. The standard InChI is InChI=1S/C6H9N3/c1-2-7-3-6-5(1)8-4-9-6/h4,7H,1-3H2,(H,8,9)/i3D. The Balaban J connectivity index is 2.41. The third kappa shape index (κ3) is 0.733. The molecule has 1 atom stereocenters. The molecule has 3 heteroatoms.